The first-order valence-corrected chi connectivity index (χ1v) is 9.15. The minimum absolute atomic E-state index is 0.0372. The molecule has 0 radical (unpaired) electrons. The molecule has 0 aliphatic heterocycles. The lowest BCUT2D eigenvalue weighted by molar-refractivity contribution is -0.113. The molecule has 118 valence electrons. The summed E-state index contributed by atoms with van der Waals surface area (Å²) in [7, 11) is 0. The molecule has 0 bridgehead atoms. The minimum atomic E-state index is -0.0529. The number of aryl methyl sites for hydroxylation is 1. The fraction of sp³-hybridized carbons (Fsp3) is 0.375. The highest BCUT2D eigenvalue weighted by Crippen LogP contribution is 2.29. The second-order valence-electron chi connectivity index (χ2n) is 6.04. The van der Waals surface area contributed by atoms with Gasteiger partial charge in [-0.05, 0) is 24.6 Å². The number of hydrogen-bond donors (Lipinski definition) is 1. The van der Waals surface area contributed by atoms with Crippen molar-refractivity contribution in [1.82, 2.24) is 4.98 Å². The van der Waals surface area contributed by atoms with Gasteiger partial charge in [0.15, 0.2) is 4.34 Å². The summed E-state index contributed by atoms with van der Waals surface area (Å²) in [5.41, 5.74) is 2.85. The zero-order valence-electron chi connectivity index (χ0n) is 13.1. The van der Waals surface area contributed by atoms with Crippen LogP contribution in [-0.2, 0) is 10.2 Å². The van der Waals surface area contributed by atoms with Crippen LogP contribution in [0.2, 0.25) is 5.02 Å². The maximum Gasteiger partial charge on any atom is 0.234 e. The third-order valence-electron chi connectivity index (χ3n) is 3.05. The average molecular weight is 355 g/mol. The smallest absolute Gasteiger partial charge is 0.234 e. The normalized spacial score (nSPS) is 11.5. The second kappa shape index (κ2) is 7.02. The number of carbonyl (C=O) groups excluding carboxylic acids is 1. The summed E-state index contributed by atoms with van der Waals surface area (Å²) in [4.78, 5) is 16.6. The molecular weight excluding hydrogens is 336 g/mol. The van der Waals surface area contributed by atoms with Crippen molar-refractivity contribution in [2.75, 3.05) is 11.1 Å². The number of amides is 1. The van der Waals surface area contributed by atoms with Gasteiger partial charge in [-0.1, -0.05) is 50.2 Å². The molecule has 1 heterocycles. The molecule has 3 nitrogen and oxygen atoms in total. The predicted molar refractivity (Wildman–Crippen MR) is 96.4 cm³/mol. The number of aromatic nitrogens is 1. The molecule has 1 aromatic carbocycles. The van der Waals surface area contributed by atoms with E-state index in [-0.39, 0.29) is 11.3 Å². The van der Waals surface area contributed by atoms with Gasteiger partial charge in [0, 0.05) is 21.5 Å². The highest BCUT2D eigenvalue weighted by molar-refractivity contribution is 8.01. The molecule has 1 aromatic heterocycles. The van der Waals surface area contributed by atoms with Crippen LogP contribution in [0, 0.1) is 6.92 Å². The summed E-state index contributed by atoms with van der Waals surface area (Å²) in [5, 5.41) is 5.56. The third kappa shape index (κ3) is 4.73. The fourth-order valence-electron chi connectivity index (χ4n) is 1.71. The van der Waals surface area contributed by atoms with Crippen molar-refractivity contribution in [3.8, 4) is 0 Å². The Morgan fingerprint density at radius 2 is 2.14 bits per heavy atom. The Bertz CT molecular complexity index is 677. The van der Waals surface area contributed by atoms with Crippen LogP contribution in [-0.4, -0.2) is 16.6 Å². The van der Waals surface area contributed by atoms with Gasteiger partial charge in [0.05, 0.1) is 11.4 Å². The van der Waals surface area contributed by atoms with Crippen molar-refractivity contribution in [2.24, 2.45) is 0 Å². The van der Waals surface area contributed by atoms with E-state index in [0.717, 1.165) is 21.3 Å². The topological polar surface area (TPSA) is 42.0 Å². The van der Waals surface area contributed by atoms with E-state index in [1.807, 2.05) is 19.1 Å². The largest absolute Gasteiger partial charge is 0.325 e. The molecule has 1 N–H and O–H groups in total. The Morgan fingerprint density at radius 3 is 2.77 bits per heavy atom. The Balaban J connectivity index is 1.93. The number of rotatable bonds is 4. The number of hydrogen-bond acceptors (Lipinski definition) is 4. The van der Waals surface area contributed by atoms with Crippen LogP contribution in [0.1, 0.15) is 32.0 Å². The van der Waals surface area contributed by atoms with Gasteiger partial charge < -0.3 is 5.32 Å². The Hall–Kier alpha value is -1.04. The molecule has 0 atom stereocenters. The molecule has 2 rings (SSSR count). The molecule has 22 heavy (non-hydrogen) atoms. The van der Waals surface area contributed by atoms with Crippen molar-refractivity contribution >= 4 is 46.3 Å². The van der Waals surface area contributed by atoms with Gasteiger partial charge in [0.1, 0.15) is 0 Å². The molecule has 0 spiro atoms. The van der Waals surface area contributed by atoms with Crippen molar-refractivity contribution in [2.45, 2.75) is 37.4 Å². The maximum absolute atomic E-state index is 12.1. The van der Waals surface area contributed by atoms with Gasteiger partial charge >= 0.3 is 0 Å². The molecule has 0 aliphatic carbocycles. The highest BCUT2D eigenvalue weighted by atomic mass is 35.5. The summed E-state index contributed by atoms with van der Waals surface area (Å²) in [6, 6.07) is 5.47. The summed E-state index contributed by atoms with van der Waals surface area (Å²) < 4.78 is 0.919. The second-order valence-corrected chi connectivity index (χ2v) is 8.56. The standard InChI is InChI=1S/C16H19ClN2OS2/c1-10-5-6-11(17)7-12(10)18-14(20)9-22-15-19-13(8-21-15)16(2,3)4/h5-8H,9H2,1-4H3,(H,18,20). The average Bonchev–Trinajstić information content (AvgIpc) is 2.89. The Labute approximate surface area is 144 Å². The van der Waals surface area contributed by atoms with Crippen LogP contribution in [0.5, 0.6) is 0 Å². The number of thiazole rings is 1. The van der Waals surface area contributed by atoms with E-state index in [4.69, 9.17) is 11.6 Å². The molecule has 0 fully saturated rings. The number of nitrogens with one attached hydrogen (secondary N) is 1. The fourth-order valence-corrected chi connectivity index (χ4v) is 3.74. The van der Waals surface area contributed by atoms with Crippen LogP contribution >= 0.6 is 34.7 Å². The number of carbonyl (C=O) groups is 1. The molecule has 0 saturated carbocycles. The summed E-state index contributed by atoms with van der Waals surface area (Å²) >= 11 is 8.99. The lowest BCUT2D eigenvalue weighted by Crippen LogP contribution is -2.15. The number of halogens is 1. The number of thioether (sulfide) groups is 1. The lowest BCUT2D eigenvalue weighted by atomic mass is 9.93. The molecule has 0 unspecified atom stereocenters. The van der Waals surface area contributed by atoms with Crippen LogP contribution in [0.4, 0.5) is 5.69 Å². The van der Waals surface area contributed by atoms with Gasteiger partial charge in [0.25, 0.3) is 0 Å². The molecule has 6 heteroatoms. The molecule has 0 saturated heterocycles. The predicted octanol–water partition coefficient (Wildman–Crippen LogP) is 5.13. The van der Waals surface area contributed by atoms with E-state index in [0.29, 0.717) is 10.8 Å². The molecule has 2 aromatic rings. The Kier molecular flexibility index (Phi) is 5.53. The van der Waals surface area contributed by atoms with E-state index >= 15 is 0 Å². The first kappa shape index (κ1) is 17.3. The van der Waals surface area contributed by atoms with Gasteiger partial charge in [-0.2, -0.15) is 0 Å². The monoisotopic (exact) mass is 354 g/mol. The minimum Gasteiger partial charge on any atom is -0.325 e. The summed E-state index contributed by atoms with van der Waals surface area (Å²) in [6.45, 7) is 8.33. The van der Waals surface area contributed by atoms with Crippen LogP contribution in [0.25, 0.3) is 0 Å². The van der Waals surface area contributed by atoms with Crippen LogP contribution in [0.15, 0.2) is 27.9 Å². The zero-order valence-corrected chi connectivity index (χ0v) is 15.5. The van der Waals surface area contributed by atoms with E-state index in [2.05, 4.69) is 36.5 Å². The van der Waals surface area contributed by atoms with Crippen molar-refractivity contribution in [3.05, 3.63) is 39.9 Å². The van der Waals surface area contributed by atoms with E-state index < -0.39 is 0 Å². The van der Waals surface area contributed by atoms with Crippen molar-refractivity contribution in [3.63, 3.8) is 0 Å². The Morgan fingerprint density at radius 1 is 1.41 bits per heavy atom. The number of anilines is 1. The van der Waals surface area contributed by atoms with E-state index in [9.17, 15) is 4.79 Å². The van der Waals surface area contributed by atoms with Crippen molar-refractivity contribution < 1.29 is 4.79 Å². The highest BCUT2D eigenvalue weighted by Gasteiger charge is 2.18. The first-order chi connectivity index (χ1) is 10.3. The lowest BCUT2D eigenvalue weighted by Gasteiger charge is -2.14. The SMILES string of the molecule is Cc1ccc(Cl)cc1NC(=O)CSc1nc(C(C)(C)C)cs1. The summed E-state index contributed by atoms with van der Waals surface area (Å²) in [6.07, 6.45) is 0. The van der Waals surface area contributed by atoms with Gasteiger partial charge in [-0.3, -0.25) is 4.79 Å². The molecular formula is C16H19ClN2OS2. The van der Waals surface area contributed by atoms with Crippen LogP contribution in [0.3, 0.4) is 0 Å². The molecule has 0 aliphatic rings. The van der Waals surface area contributed by atoms with Gasteiger partial charge in [0.2, 0.25) is 5.91 Å². The third-order valence-corrected chi connectivity index (χ3v) is 5.31. The van der Waals surface area contributed by atoms with E-state index in [1.165, 1.54) is 11.8 Å². The van der Waals surface area contributed by atoms with Crippen LogP contribution < -0.4 is 5.32 Å². The number of nitrogens with zero attached hydrogens (tertiary/aromatic N) is 1. The quantitative estimate of drug-likeness (QED) is 0.773. The van der Waals surface area contributed by atoms with Gasteiger partial charge in [-0.25, -0.2) is 4.98 Å². The zero-order chi connectivity index (χ0) is 16.3. The maximum atomic E-state index is 12.1. The van der Waals surface area contributed by atoms with Crippen molar-refractivity contribution in [1.29, 1.82) is 0 Å². The van der Waals surface area contributed by atoms with Gasteiger partial charge in [-0.15, -0.1) is 11.3 Å². The first-order valence-electron chi connectivity index (χ1n) is 6.90. The number of benzene rings is 1. The molecule has 1 amide bonds. The van der Waals surface area contributed by atoms with E-state index in [1.54, 1.807) is 17.4 Å². The summed E-state index contributed by atoms with van der Waals surface area (Å²) in [5.74, 6) is 0.283.